The first-order valence-electron chi connectivity index (χ1n) is 9.60. The number of imidazole rings is 1. The molecule has 0 amide bonds. The molecule has 6 heteroatoms. The molecule has 1 heterocycles. The van der Waals surface area contributed by atoms with Crippen molar-refractivity contribution in [2.24, 2.45) is 10.9 Å². The van der Waals surface area contributed by atoms with Gasteiger partial charge < -0.3 is 15.2 Å². The van der Waals surface area contributed by atoms with Gasteiger partial charge in [0.2, 0.25) is 0 Å². The smallest absolute Gasteiger partial charge is 0.191 e. The maximum Gasteiger partial charge on any atom is 0.191 e. The van der Waals surface area contributed by atoms with Crippen LogP contribution in [0, 0.1) is 11.7 Å². The van der Waals surface area contributed by atoms with Gasteiger partial charge in [-0.2, -0.15) is 0 Å². The maximum absolute atomic E-state index is 13.6. The Bertz CT molecular complexity index is 749. The summed E-state index contributed by atoms with van der Waals surface area (Å²) in [5, 5.41) is 6.65. The molecule has 2 N–H and O–H groups in total. The van der Waals surface area contributed by atoms with Crippen molar-refractivity contribution in [2.75, 3.05) is 13.1 Å². The van der Waals surface area contributed by atoms with Gasteiger partial charge in [-0.3, -0.25) is 0 Å². The normalized spacial score (nSPS) is 12.5. The molecule has 148 valence electrons. The number of benzene rings is 1. The van der Waals surface area contributed by atoms with Crippen molar-refractivity contribution < 1.29 is 4.39 Å². The van der Waals surface area contributed by atoms with Gasteiger partial charge in [0.1, 0.15) is 18.2 Å². The Labute approximate surface area is 162 Å². The van der Waals surface area contributed by atoms with E-state index >= 15 is 0 Å². The number of rotatable bonds is 8. The molecule has 2 aromatic rings. The lowest BCUT2D eigenvalue weighted by atomic mass is 9.84. The molecule has 0 aliphatic heterocycles. The van der Waals surface area contributed by atoms with E-state index in [2.05, 4.69) is 52.9 Å². The molecule has 0 aliphatic rings. The summed E-state index contributed by atoms with van der Waals surface area (Å²) in [5.74, 6) is 2.03. The van der Waals surface area contributed by atoms with E-state index < -0.39 is 0 Å². The number of hydrogen-bond acceptors (Lipinski definition) is 2. The number of nitrogens with one attached hydrogen (secondary N) is 2. The van der Waals surface area contributed by atoms with Crippen molar-refractivity contribution >= 4 is 5.96 Å². The standard InChI is InChI=1S/C21H32FN5/c1-6-23-20(25-13-19-24-10-11-27(19)14-16(2)3)26-15-21(4,5)17-8-7-9-18(22)12-17/h7-12,16H,6,13-15H2,1-5H3,(H2,23,25,26). The van der Waals surface area contributed by atoms with Crippen molar-refractivity contribution in [3.63, 3.8) is 0 Å². The van der Waals surface area contributed by atoms with Crippen LogP contribution < -0.4 is 10.6 Å². The SMILES string of the molecule is CCNC(=NCc1nccn1CC(C)C)NCC(C)(C)c1cccc(F)c1. The predicted molar refractivity (Wildman–Crippen MR) is 109 cm³/mol. The van der Waals surface area contributed by atoms with Gasteiger partial charge in [-0.05, 0) is 30.5 Å². The molecule has 0 saturated heterocycles. The fourth-order valence-corrected chi connectivity index (χ4v) is 2.86. The Morgan fingerprint density at radius 2 is 2.07 bits per heavy atom. The number of hydrogen-bond donors (Lipinski definition) is 2. The first-order chi connectivity index (χ1) is 12.8. The van der Waals surface area contributed by atoms with Crippen molar-refractivity contribution in [2.45, 2.75) is 53.1 Å². The molecule has 0 bridgehead atoms. The van der Waals surface area contributed by atoms with Gasteiger partial charge in [-0.1, -0.05) is 39.8 Å². The monoisotopic (exact) mass is 373 g/mol. The molecule has 0 saturated carbocycles. The lowest BCUT2D eigenvalue weighted by Gasteiger charge is -2.27. The molecular weight excluding hydrogens is 341 g/mol. The first-order valence-corrected chi connectivity index (χ1v) is 9.60. The van der Waals surface area contributed by atoms with Gasteiger partial charge in [0.25, 0.3) is 0 Å². The molecule has 0 radical (unpaired) electrons. The largest absolute Gasteiger partial charge is 0.357 e. The zero-order valence-corrected chi connectivity index (χ0v) is 17.1. The molecule has 0 fully saturated rings. The molecule has 2 rings (SSSR count). The molecule has 0 spiro atoms. The van der Waals surface area contributed by atoms with Crippen molar-refractivity contribution in [1.82, 2.24) is 20.2 Å². The van der Waals surface area contributed by atoms with E-state index in [-0.39, 0.29) is 11.2 Å². The zero-order chi connectivity index (χ0) is 19.9. The average Bonchev–Trinajstić information content (AvgIpc) is 3.04. The molecule has 1 aromatic carbocycles. The predicted octanol–water partition coefficient (Wildman–Crippen LogP) is 3.71. The Hall–Kier alpha value is -2.37. The fourth-order valence-electron chi connectivity index (χ4n) is 2.86. The van der Waals surface area contributed by atoms with Gasteiger partial charge in [-0.15, -0.1) is 0 Å². The Kier molecular flexibility index (Phi) is 7.39. The van der Waals surface area contributed by atoms with Crippen LogP contribution in [0.15, 0.2) is 41.7 Å². The minimum Gasteiger partial charge on any atom is -0.357 e. The summed E-state index contributed by atoms with van der Waals surface area (Å²) in [4.78, 5) is 9.10. The van der Waals surface area contributed by atoms with Crippen LogP contribution in [-0.4, -0.2) is 28.6 Å². The van der Waals surface area contributed by atoms with Crippen molar-refractivity contribution in [3.05, 3.63) is 53.9 Å². The summed E-state index contributed by atoms with van der Waals surface area (Å²) in [6, 6.07) is 6.77. The van der Waals surface area contributed by atoms with E-state index in [9.17, 15) is 4.39 Å². The quantitative estimate of drug-likeness (QED) is 0.548. The summed E-state index contributed by atoms with van der Waals surface area (Å²) in [6.45, 7) is 13.4. The number of halogens is 1. The van der Waals surface area contributed by atoms with Crippen LogP contribution in [0.25, 0.3) is 0 Å². The van der Waals surface area contributed by atoms with Gasteiger partial charge in [0, 0.05) is 37.4 Å². The number of aromatic nitrogens is 2. The molecule has 0 aliphatic carbocycles. The third-order valence-electron chi connectivity index (χ3n) is 4.39. The van der Waals surface area contributed by atoms with Crippen LogP contribution in [0.3, 0.4) is 0 Å². The third kappa shape index (κ3) is 6.38. The second-order valence-electron chi connectivity index (χ2n) is 7.83. The van der Waals surface area contributed by atoms with Crippen LogP contribution in [0.5, 0.6) is 0 Å². The average molecular weight is 374 g/mol. The summed E-state index contributed by atoms with van der Waals surface area (Å²) in [5.41, 5.74) is 0.729. The molecule has 1 aromatic heterocycles. The van der Waals surface area contributed by atoms with Crippen LogP contribution in [0.2, 0.25) is 0 Å². The summed E-state index contributed by atoms with van der Waals surface area (Å²) >= 11 is 0. The van der Waals surface area contributed by atoms with Gasteiger partial charge in [0.05, 0.1) is 0 Å². The van der Waals surface area contributed by atoms with E-state index in [1.165, 1.54) is 6.07 Å². The Morgan fingerprint density at radius 3 is 2.74 bits per heavy atom. The highest BCUT2D eigenvalue weighted by molar-refractivity contribution is 5.79. The van der Waals surface area contributed by atoms with Crippen molar-refractivity contribution in [1.29, 1.82) is 0 Å². The van der Waals surface area contributed by atoms with Crippen LogP contribution in [-0.2, 0) is 18.5 Å². The van der Waals surface area contributed by atoms with E-state index in [1.807, 2.05) is 25.4 Å². The molecule has 27 heavy (non-hydrogen) atoms. The van der Waals surface area contributed by atoms with Crippen LogP contribution in [0.1, 0.15) is 46.0 Å². The summed E-state index contributed by atoms with van der Waals surface area (Å²) in [7, 11) is 0. The van der Waals surface area contributed by atoms with E-state index in [4.69, 9.17) is 0 Å². The fraction of sp³-hybridized carbons (Fsp3) is 0.524. The highest BCUT2D eigenvalue weighted by Gasteiger charge is 2.21. The third-order valence-corrected chi connectivity index (χ3v) is 4.39. The Morgan fingerprint density at radius 1 is 1.30 bits per heavy atom. The lowest BCUT2D eigenvalue weighted by Crippen LogP contribution is -2.43. The summed E-state index contributed by atoms with van der Waals surface area (Å²) < 4.78 is 15.7. The second-order valence-corrected chi connectivity index (χ2v) is 7.83. The van der Waals surface area contributed by atoms with E-state index in [1.54, 1.807) is 12.1 Å². The highest BCUT2D eigenvalue weighted by Crippen LogP contribution is 2.22. The minimum atomic E-state index is -0.228. The second kappa shape index (κ2) is 9.53. The van der Waals surface area contributed by atoms with Crippen LogP contribution >= 0.6 is 0 Å². The van der Waals surface area contributed by atoms with Crippen molar-refractivity contribution in [3.8, 4) is 0 Å². The molecule has 5 nitrogen and oxygen atoms in total. The van der Waals surface area contributed by atoms with Gasteiger partial charge in [0.15, 0.2) is 5.96 Å². The van der Waals surface area contributed by atoms with Crippen LogP contribution in [0.4, 0.5) is 4.39 Å². The summed E-state index contributed by atoms with van der Waals surface area (Å²) in [6.07, 6.45) is 3.82. The molecule has 0 atom stereocenters. The Balaban J connectivity index is 2.04. The molecule has 0 unspecified atom stereocenters. The van der Waals surface area contributed by atoms with E-state index in [0.717, 1.165) is 30.4 Å². The number of nitrogens with zero attached hydrogens (tertiary/aromatic N) is 3. The van der Waals surface area contributed by atoms with E-state index in [0.29, 0.717) is 19.0 Å². The van der Waals surface area contributed by atoms with Gasteiger partial charge >= 0.3 is 0 Å². The highest BCUT2D eigenvalue weighted by atomic mass is 19.1. The van der Waals surface area contributed by atoms with Gasteiger partial charge in [-0.25, -0.2) is 14.4 Å². The first kappa shape index (κ1) is 20.9. The lowest BCUT2D eigenvalue weighted by molar-refractivity contribution is 0.500. The number of aliphatic imine (C=N–C) groups is 1. The molecular formula is C21H32FN5. The number of guanidine groups is 1. The zero-order valence-electron chi connectivity index (χ0n) is 17.1. The topological polar surface area (TPSA) is 54.2 Å². The minimum absolute atomic E-state index is 0.210. The maximum atomic E-state index is 13.6.